The minimum absolute atomic E-state index is 0.540. The molecule has 0 spiro atoms. The van der Waals surface area contributed by atoms with Crippen LogP contribution in [0.5, 0.6) is 0 Å². The molecule has 1 aliphatic heterocycles. The second-order valence-electron chi connectivity index (χ2n) is 5.85. The van der Waals surface area contributed by atoms with Gasteiger partial charge in [-0.3, -0.25) is 0 Å². The molecule has 2 rings (SSSR count). The van der Waals surface area contributed by atoms with Gasteiger partial charge in [-0.15, -0.1) is 0 Å². The maximum Gasteiger partial charge on any atom is 0.0580 e. The van der Waals surface area contributed by atoms with Crippen LogP contribution >= 0.6 is 0 Å². The first-order chi connectivity index (χ1) is 8.81. The first-order valence-electron chi connectivity index (χ1n) is 7.72. The van der Waals surface area contributed by atoms with Gasteiger partial charge >= 0.3 is 0 Å². The Hall–Kier alpha value is -0.120. The molecule has 3 nitrogen and oxygen atoms in total. The summed E-state index contributed by atoms with van der Waals surface area (Å²) in [7, 11) is 2.10. The summed E-state index contributed by atoms with van der Waals surface area (Å²) in [6, 6.07) is 0.668. The molecule has 0 amide bonds. The van der Waals surface area contributed by atoms with Crippen LogP contribution in [-0.2, 0) is 9.47 Å². The smallest absolute Gasteiger partial charge is 0.0580 e. The van der Waals surface area contributed by atoms with Gasteiger partial charge in [0.05, 0.1) is 12.2 Å². The number of hydrogen-bond acceptors (Lipinski definition) is 3. The lowest BCUT2D eigenvalue weighted by Gasteiger charge is -2.37. The molecule has 106 valence electrons. The largest absolute Gasteiger partial charge is 0.378 e. The molecule has 1 saturated carbocycles. The minimum Gasteiger partial charge on any atom is -0.378 e. The molecule has 2 unspecified atom stereocenters. The first kappa shape index (κ1) is 14.3. The normalized spacial score (nSPS) is 33.3. The van der Waals surface area contributed by atoms with Crippen molar-refractivity contribution in [1.29, 1.82) is 0 Å². The SMILES string of the molecule is CCOC1CC(CC(CCC2CCCO2)NC)C1. The second-order valence-corrected chi connectivity index (χ2v) is 5.85. The Morgan fingerprint density at radius 1 is 1.39 bits per heavy atom. The molecule has 0 aromatic carbocycles. The average Bonchev–Trinajstić information content (AvgIpc) is 2.84. The van der Waals surface area contributed by atoms with E-state index in [1.165, 1.54) is 44.9 Å². The lowest BCUT2D eigenvalue weighted by atomic mass is 9.77. The van der Waals surface area contributed by atoms with Gasteiger partial charge in [0.1, 0.15) is 0 Å². The highest BCUT2D eigenvalue weighted by atomic mass is 16.5. The summed E-state index contributed by atoms with van der Waals surface area (Å²) < 4.78 is 11.3. The zero-order valence-electron chi connectivity index (χ0n) is 12.0. The Bertz CT molecular complexity index is 223. The van der Waals surface area contributed by atoms with Gasteiger partial charge in [0.25, 0.3) is 0 Å². The number of nitrogens with one attached hydrogen (secondary N) is 1. The summed E-state index contributed by atoms with van der Waals surface area (Å²) in [5.41, 5.74) is 0. The summed E-state index contributed by atoms with van der Waals surface area (Å²) in [6.45, 7) is 3.94. The summed E-state index contributed by atoms with van der Waals surface area (Å²) >= 11 is 0. The van der Waals surface area contributed by atoms with Crippen LogP contribution in [0, 0.1) is 5.92 Å². The number of ether oxygens (including phenoxy) is 2. The maximum absolute atomic E-state index is 5.69. The third-order valence-electron chi connectivity index (χ3n) is 4.48. The third-order valence-corrected chi connectivity index (χ3v) is 4.48. The molecule has 18 heavy (non-hydrogen) atoms. The molecule has 1 aliphatic carbocycles. The molecule has 0 aromatic heterocycles. The fourth-order valence-electron chi connectivity index (χ4n) is 3.28. The van der Waals surface area contributed by atoms with Gasteiger partial charge in [-0.2, -0.15) is 0 Å². The summed E-state index contributed by atoms with van der Waals surface area (Å²) in [5.74, 6) is 0.878. The highest BCUT2D eigenvalue weighted by Gasteiger charge is 2.31. The molecule has 2 atom stereocenters. The van der Waals surface area contributed by atoms with E-state index < -0.39 is 0 Å². The van der Waals surface area contributed by atoms with Gasteiger partial charge < -0.3 is 14.8 Å². The van der Waals surface area contributed by atoms with Crippen LogP contribution in [0.2, 0.25) is 0 Å². The fraction of sp³-hybridized carbons (Fsp3) is 1.00. The van der Waals surface area contributed by atoms with Crippen molar-refractivity contribution in [2.75, 3.05) is 20.3 Å². The van der Waals surface area contributed by atoms with Crippen LogP contribution in [0.15, 0.2) is 0 Å². The van der Waals surface area contributed by atoms with Crippen LogP contribution < -0.4 is 5.32 Å². The van der Waals surface area contributed by atoms with E-state index in [1.54, 1.807) is 0 Å². The number of hydrogen-bond donors (Lipinski definition) is 1. The van der Waals surface area contributed by atoms with Gasteiger partial charge in [0.15, 0.2) is 0 Å². The van der Waals surface area contributed by atoms with E-state index in [9.17, 15) is 0 Å². The molecule has 0 aromatic rings. The Morgan fingerprint density at radius 2 is 2.22 bits per heavy atom. The van der Waals surface area contributed by atoms with Crippen molar-refractivity contribution in [3.05, 3.63) is 0 Å². The Morgan fingerprint density at radius 3 is 2.83 bits per heavy atom. The van der Waals surface area contributed by atoms with Crippen molar-refractivity contribution >= 4 is 0 Å². The van der Waals surface area contributed by atoms with E-state index in [-0.39, 0.29) is 0 Å². The Balaban J connectivity index is 1.57. The minimum atomic E-state index is 0.540. The molecule has 1 saturated heterocycles. The van der Waals surface area contributed by atoms with Crippen molar-refractivity contribution in [3.63, 3.8) is 0 Å². The molecule has 1 N–H and O–H groups in total. The molecule has 2 aliphatic rings. The lowest BCUT2D eigenvalue weighted by molar-refractivity contribution is -0.0294. The van der Waals surface area contributed by atoms with E-state index in [0.717, 1.165) is 19.1 Å². The quantitative estimate of drug-likeness (QED) is 0.723. The average molecular weight is 255 g/mol. The van der Waals surface area contributed by atoms with Crippen molar-refractivity contribution in [2.45, 2.75) is 70.1 Å². The summed E-state index contributed by atoms with van der Waals surface area (Å²) in [5, 5.41) is 3.48. The fourth-order valence-corrected chi connectivity index (χ4v) is 3.28. The standard InChI is InChI=1S/C15H29NO2/c1-3-17-15-10-12(11-15)9-13(16-2)6-7-14-5-4-8-18-14/h12-16H,3-11H2,1-2H3. The molecule has 3 heteroatoms. The predicted octanol–water partition coefficient (Wildman–Crippen LogP) is 2.74. The van der Waals surface area contributed by atoms with Crippen molar-refractivity contribution in [2.24, 2.45) is 5.92 Å². The Labute approximate surface area is 112 Å². The van der Waals surface area contributed by atoms with Gasteiger partial charge in [-0.25, -0.2) is 0 Å². The molecule has 0 radical (unpaired) electrons. The highest BCUT2D eigenvalue weighted by molar-refractivity contribution is 4.84. The molecule has 1 heterocycles. The highest BCUT2D eigenvalue weighted by Crippen LogP contribution is 2.34. The van der Waals surface area contributed by atoms with E-state index in [1.807, 2.05) is 0 Å². The van der Waals surface area contributed by atoms with Crippen LogP contribution in [0.4, 0.5) is 0 Å². The molecule has 0 bridgehead atoms. The maximum atomic E-state index is 5.69. The van der Waals surface area contributed by atoms with Gasteiger partial charge in [-0.05, 0) is 64.8 Å². The van der Waals surface area contributed by atoms with Crippen LogP contribution in [0.1, 0.15) is 51.9 Å². The molecule has 2 fully saturated rings. The second kappa shape index (κ2) is 7.46. The topological polar surface area (TPSA) is 30.5 Å². The van der Waals surface area contributed by atoms with Crippen LogP contribution in [0.25, 0.3) is 0 Å². The molecular weight excluding hydrogens is 226 g/mol. The zero-order chi connectivity index (χ0) is 12.8. The van der Waals surface area contributed by atoms with Gasteiger partial charge in [-0.1, -0.05) is 0 Å². The van der Waals surface area contributed by atoms with E-state index in [0.29, 0.717) is 18.2 Å². The number of rotatable bonds is 8. The lowest BCUT2D eigenvalue weighted by Crippen LogP contribution is -2.37. The van der Waals surface area contributed by atoms with Crippen molar-refractivity contribution < 1.29 is 9.47 Å². The Kier molecular flexibility index (Phi) is 5.93. The van der Waals surface area contributed by atoms with Crippen LogP contribution in [0.3, 0.4) is 0 Å². The van der Waals surface area contributed by atoms with Crippen LogP contribution in [-0.4, -0.2) is 38.5 Å². The summed E-state index contributed by atoms with van der Waals surface area (Å²) in [4.78, 5) is 0. The predicted molar refractivity (Wildman–Crippen MR) is 73.8 cm³/mol. The molecular formula is C15H29NO2. The van der Waals surface area contributed by atoms with E-state index >= 15 is 0 Å². The van der Waals surface area contributed by atoms with E-state index in [4.69, 9.17) is 9.47 Å². The van der Waals surface area contributed by atoms with Crippen molar-refractivity contribution in [3.8, 4) is 0 Å². The first-order valence-corrected chi connectivity index (χ1v) is 7.72. The van der Waals surface area contributed by atoms with Gasteiger partial charge in [0, 0.05) is 19.3 Å². The monoisotopic (exact) mass is 255 g/mol. The zero-order valence-corrected chi connectivity index (χ0v) is 12.0. The van der Waals surface area contributed by atoms with Gasteiger partial charge in [0.2, 0.25) is 0 Å². The summed E-state index contributed by atoms with van der Waals surface area (Å²) in [6.07, 6.45) is 9.96. The van der Waals surface area contributed by atoms with Crippen molar-refractivity contribution in [1.82, 2.24) is 5.32 Å². The third kappa shape index (κ3) is 4.22. The van der Waals surface area contributed by atoms with E-state index in [2.05, 4.69) is 19.3 Å².